The molecule has 176 valence electrons. The molecule has 0 atom stereocenters. The first-order chi connectivity index (χ1) is 16.5. The topological polar surface area (TPSA) is 112 Å². The van der Waals surface area contributed by atoms with Gasteiger partial charge in [0.1, 0.15) is 0 Å². The van der Waals surface area contributed by atoms with Gasteiger partial charge in [-0.2, -0.15) is 0 Å². The maximum absolute atomic E-state index is 13.1. The summed E-state index contributed by atoms with van der Waals surface area (Å²) < 4.78 is 50.5. The summed E-state index contributed by atoms with van der Waals surface area (Å²) in [5, 5.41) is 2.81. The molecule has 10 heteroatoms. The SMILES string of the molecule is O=C(NCc1ccc2c(c1)OCO2)c1ccccc1NS(=O)(=O)c1ccc2c(c1)OCCCO2. The Bertz CT molecular complexity index is 1340. The van der Waals surface area contributed by atoms with E-state index in [0.29, 0.717) is 42.6 Å². The molecule has 0 saturated heterocycles. The summed E-state index contributed by atoms with van der Waals surface area (Å²) in [6, 6.07) is 16.2. The normalized spacial score (nSPS) is 14.2. The first-order valence-electron chi connectivity index (χ1n) is 10.7. The lowest BCUT2D eigenvalue weighted by atomic mass is 10.1. The molecule has 1 amide bonds. The zero-order valence-electron chi connectivity index (χ0n) is 18.1. The van der Waals surface area contributed by atoms with Gasteiger partial charge < -0.3 is 24.3 Å². The highest BCUT2D eigenvalue weighted by Gasteiger charge is 2.22. The highest BCUT2D eigenvalue weighted by molar-refractivity contribution is 7.92. The number of fused-ring (bicyclic) bond motifs is 2. The number of hydrogen-bond acceptors (Lipinski definition) is 7. The highest BCUT2D eigenvalue weighted by Crippen LogP contribution is 2.33. The van der Waals surface area contributed by atoms with Crippen molar-refractivity contribution in [3.8, 4) is 23.0 Å². The lowest BCUT2D eigenvalue weighted by Gasteiger charge is -2.14. The van der Waals surface area contributed by atoms with Crippen molar-refractivity contribution in [3.63, 3.8) is 0 Å². The summed E-state index contributed by atoms with van der Waals surface area (Å²) in [5.41, 5.74) is 1.18. The molecular weight excluding hydrogens is 460 g/mol. The van der Waals surface area contributed by atoms with Gasteiger partial charge in [0.25, 0.3) is 15.9 Å². The van der Waals surface area contributed by atoms with Gasteiger partial charge in [-0.15, -0.1) is 0 Å². The molecule has 2 heterocycles. The van der Waals surface area contributed by atoms with Gasteiger partial charge in [-0.1, -0.05) is 18.2 Å². The van der Waals surface area contributed by atoms with E-state index in [-0.39, 0.29) is 29.5 Å². The van der Waals surface area contributed by atoms with E-state index < -0.39 is 15.9 Å². The fraction of sp³-hybridized carbons (Fsp3) is 0.208. The first-order valence-corrected chi connectivity index (χ1v) is 12.2. The van der Waals surface area contributed by atoms with Crippen LogP contribution in [0.5, 0.6) is 23.0 Å². The summed E-state index contributed by atoms with van der Waals surface area (Å²) in [7, 11) is -3.98. The van der Waals surface area contributed by atoms with Crippen LogP contribution >= 0.6 is 0 Å². The van der Waals surface area contributed by atoms with Gasteiger partial charge in [-0.3, -0.25) is 9.52 Å². The van der Waals surface area contributed by atoms with Crippen LogP contribution in [0.15, 0.2) is 65.6 Å². The zero-order valence-corrected chi connectivity index (χ0v) is 18.9. The molecule has 0 unspecified atom stereocenters. The van der Waals surface area contributed by atoms with E-state index in [1.165, 1.54) is 18.2 Å². The quantitative estimate of drug-likeness (QED) is 0.554. The molecule has 0 bridgehead atoms. The molecule has 0 radical (unpaired) electrons. The molecule has 0 aliphatic carbocycles. The standard InChI is InChI=1S/C24H22N2O7S/c27-24(25-14-16-6-8-21-22(12-16)33-15-32-21)18-4-1-2-5-19(18)26-34(28,29)17-7-9-20-23(13-17)31-11-3-10-30-20/h1-2,4-9,12-13,26H,3,10-11,14-15H2,(H,25,27). The van der Waals surface area contributed by atoms with Gasteiger partial charge in [0.05, 0.1) is 29.4 Å². The Balaban J connectivity index is 1.32. The largest absolute Gasteiger partial charge is 0.490 e. The lowest BCUT2D eigenvalue weighted by Crippen LogP contribution is -2.25. The highest BCUT2D eigenvalue weighted by atomic mass is 32.2. The second kappa shape index (κ2) is 9.14. The molecule has 3 aromatic rings. The van der Waals surface area contributed by atoms with Crippen molar-refractivity contribution < 1.29 is 32.2 Å². The minimum absolute atomic E-state index is 0.00678. The minimum Gasteiger partial charge on any atom is -0.490 e. The number of sulfonamides is 1. The van der Waals surface area contributed by atoms with Crippen LogP contribution in [0.2, 0.25) is 0 Å². The van der Waals surface area contributed by atoms with Crippen LogP contribution < -0.4 is 29.0 Å². The minimum atomic E-state index is -3.98. The van der Waals surface area contributed by atoms with Crippen LogP contribution in [0, 0.1) is 0 Å². The molecule has 5 rings (SSSR count). The number of carbonyl (C=O) groups excluding carboxylic acids is 1. The van der Waals surface area contributed by atoms with E-state index in [0.717, 1.165) is 5.56 Å². The zero-order chi connectivity index (χ0) is 23.5. The van der Waals surface area contributed by atoms with Crippen molar-refractivity contribution in [1.29, 1.82) is 0 Å². The van der Waals surface area contributed by atoms with Crippen LogP contribution in [0.4, 0.5) is 5.69 Å². The number of carbonyl (C=O) groups is 1. The van der Waals surface area contributed by atoms with E-state index in [1.807, 2.05) is 6.07 Å². The fourth-order valence-corrected chi connectivity index (χ4v) is 4.71. The van der Waals surface area contributed by atoms with Crippen LogP contribution in [0.3, 0.4) is 0 Å². The van der Waals surface area contributed by atoms with Gasteiger partial charge in [0.2, 0.25) is 6.79 Å². The number of benzene rings is 3. The summed E-state index contributed by atoms with van der Waals surface area (Å²) in [4.78, 5) is 12.9. The van der Waals surface area contributed by atoms with Crippen molar-refractivity contribution in [3.05, 3.63) is 71.8 Å². The second-order valence-electron chi connectivity index (χ2n) is 7.68. The summed E-state index contributed by atoms with van der Waals surface area (Å²) in [6.45, 7) is 1.35. The van der Waals surface area contributed by atoms with Crippen LogP contribution in [0.25, 0.3) is 0 Å². The Hall–Kier alpha value is -3.92. The molecule has 34 heavy (non-hydrogen) atoms. The molecule has 2 aliphatic heterocycles. The summed E-state index contributed by atoms with van der Waals surface area (Å²) in [5.74, 6) is 1.73. The smallest absolute Gasteiger partial charge is 0.262 e. The van der Waals surface area contributed by atoms with Gasteiger partial charge in [-0.05, 0) is 42.0 Å². The van der Waals surface area contributed by atoms with Gasteiger partial charge in [-0.25, -0.2) is 8.42 Å². The Morgan fingerprint density at radius 2 is 1.53 bits per heavy atom. The predicted octanol–water partition coefficient (Wildman–Crippen LogP) is 3.31. The van der Waals surface area contributed by atoms with Gasteiger partial charge in [0, 0.05) is 19.0 Å². The monoisotopic (exact) mass is 482 g/mol. The molecule has 2 N–H and O–H groups in total. The van der Waals surface area contributed by atoms with Crippen molar-refractivity contribution in [2.45, 2.75) is 17.9 Å². The molecular formula is C24H22N2O7S. The molecule has 3 aromatic carbocycles. The number of hydrogen-bond donors (Lipinski definition) is 2. The van der Waals surface area contributed by atoms with Crippen molar-refractivity contribution >= 4 is 21.6 Å². The van der Waals surface area contributed by atoms with Crippen molar-refractivity contribution in [2.24, 2.45) is 0 Å². The average Bonchev–Trinajstić information content (AvgIpc) is 3.18. The third-order valence-corrected chi connectivity index (χ3v) is 6.70. The second-order valence-corrected chi connectivity index (χ2v) is 9.36. The number of anilines is 1. The number of rotatable bonds is 6. The van der Waals surface area contributed by atoms with E-state index in [9.17, 15) is 13.2 Å². The van der Waals surface area contributed by atoms with E-state index in [4.69, 9.17) is 18.9 Å². The van der Waals surface area contributed by atoms with Crippen LogP contribution in [-0.2, 0) is 16.6 Å². The molecule has 9 nitrogen and oxygen atoms in total. The number of amides is 1. The Morgan fingerprint density at radius 1 is 0.824 bits per heavy atom. The number of nitrogens with one attached hydrogen (secondary N) is 2. The fourth-order valence-electron chi connectivity index (χ4n) is 3.61. The van der Waals surface area contributed by atoms with Gasteiger partial charge in [0.15, 0.2) is 23.0 Å². The maximum Gasteiger partial charge on any atom is 0.262 e. The third-order valence-electron chi connectivity index (χ3n) is 5.34. The molecule has 2 aliphatic rings. The Morgan fingerprint density at radius 3 is 2.41 bits per heavy atom. The molecule has 0 aromatic heterocycles. The maximum atomic E-state index is 13.1. The van der Waals surface area contributed by atoms with E-state index in [1.54, 1.807) is 36.4 Å². The van der Waals surface area contributed by atoms with Crippen LogP contribution in [0.1, 0.15) is 22.3 Å². The van der Waals surface area contributed by atoms with E-state index >= 15 is 0 Å². The van der Waals surface area contributed by atoms with Crippen molar-refractivity contribution in [1.82, 2.24) is 5.32 Å². The summed E-state index contributed by atoms with van der Waals surface area (Å²) in [6.07, 6.45) is 0.712. The van der Waals surface area contributed by atoms with Crippen LogP contribution in [-0.4, -0.2) is 34.3 Å². The summed E-state index contributed by atoms with van der Waals surface area (Å²) >= 11 is 0. The van der Waals surface area contributed by atoms with Gasteiger partial charge >= 0.3 is 0 Å². The molecule has 0 saturated carbocycles. The Labute approximate surface area is 196 Å². The average molecular weight is 483 g/mol. The van der Waals surface area contributed by atoms with Crippen molar-refractivity contribution in [2.75, 3.05) is 24.7 Å². The lowest BCUT2D eigenvalue weighted by molar-refractivity contribution is 0.0951. The first kappa shape index (κ1) is 21.9. The molecule has 0 fully saturated rings. The number of para-hydroxylation sites is 1. The molecule has 0 spiro atoms. The predicted molar refractivity (Wildman–Crippen MR) is 123 cm³/mol. The van der Waals surface area contributed by atoms with E-state index in [2.05, 4.69) is 10.0 Å². The third kappa shape index (κ3) is 4.58. The Kier molecular flexibility index (Phi) is 5.89. The number of ether oxygens (including phenoxy) is 4.